The van der Waals surface area contributed by atoms with Crippen LogP contribution in [-0.2, 0) is 0 Å². The quantitative estimate of drug-likeness (QED) is 0.463. The Balaban J connectivity index is 3.45. The summed E-state index contributed by atoms with van der Waals surface area (Å²) in [6.07, 6.45) is 0. The molecule has 0 aromatic heterocycles. The van der Waals surface area contributed by atoms with E-state index >= 15 is 0 Å². The van der Waals surface area contributed by atoms with Crippen molar-refractivity contribution in [3.63, 3.8) is 0 Å². The van der Waals surface area contributed by atoms with Gasteiger partial charge in [0.25, 0.3) is 0 Å². The fraction of sp³-hybridized carbons (Fsp3) is 1.00. The van der Waals surface area contributed by atoms with Gasteiger partial charge in [0.15, 0.2) is 0 Å². The first-order valence-electron chi connectivity index (χ1n) is 2.64. The molecule has 2 heteroatoms. The van der Waals surface area contributed by atoms with Crippen LogP contribution in [-0.4, -0.2) is 14.6 Å². The molecule has 0 aliphatic rings. The SMILES string of the molecule is CC(C)N=[Si](C)C. The van der Waals surface area contributed by atoms with E-state index in [2.05, 4.69) is 31.6 Å². The molecule has 42 valence electrons. The van der Waals surface area contributed by atoms with E-state index in [-0.39, 0.29) is 8.59 Å². The van der Waals surface area contributed by atoms with Crippen LogP contribution in [0.15, 0.2) is 4.63 Å². The van der Waals surface area contributed by atoms with Crippen molar-refractivity contribution in [2.24, 2.45) is 4.63 Å². The summed E-state index contributed by atoms with van der Waals surface area (Å²) in [4.78, 5) is 0. The Morgan fingerprint density at radius 1 is 1.29 bits per heavy atom. The van der Waals surface area contributed by atoms with Gasteiger partial charge in [-0.15, -0.1) is 0 Å². The minimum Gasteiger partial charge on any atom is -0.335 e. The summed E-state index contributed by atoms with van der Waals surface area (Å²) in [5, 5.41) is 0. The molecule has 7 heavy (non-hydrogen) atoms. The Kier molecular flexibility index (Phi) is 3.08. The standard InChI is InChI=1S/C5H13NSi/c1-5(2)6-7(3)4/h5H,1-4H3. The van der Waals surface area contributed by atoms with Crippen LogP contribution >= 0.6 is 0 Å². The summed E-state index contributed by atoms with van der Waals surface area (Å²) in [7, 11) is -0.309. The molecule has 0 rings (SSSR count). The van der Waals surface area contributed by atoms with Gasteiger partial charge < -0.3 is 4.63 Å². The van der Waals surface area contributed by atoms with E-state index in [4.69, 9.17) is 0 Å². The number of hydrogen-bond donors (Lipinski definition) is 0. The van der Waals surface area contributed by atoms with Crippen molar-refractivity contribution in [3.05, 3.63) is 0 Å². The summed E-state index contributed by atoms with van der Waals surface area (Å²) in [6.45, 7) is 8.64. The molecule has 0 amide bonds. The van der Waals surface area contributed by atoms with Gasteiger partial charge in [0.05, 0.1) is 0 Å². The van der Waals surface area contributed by atoms with Crippen molar-refractivity contribution in [3.8, 4) is 0 Å². The number of rotatable bonds is 1. The normalized spacial score (nSPS) is 9.29. The van der Waals surface area contributed by atoms with Gasteiger partial charge in [0.2, 0.25) is 0 Å². The molecule has 0 atom stereocenters. The number of nitrogens with zero attached hydrogens (tertiary/aromatic N) is 1. The minimum atomic E-state index is -0.309. The van der Waals surface area contributed by atoms with Crippen LogP contribution in [0.3, 0.4) is 0 Å². The molecule has 0 bridgehead atoms. The molecule has 0 N–H and O–H groups in total. The molecule has 0 radical (unpaired) electrons. The van der Waals surface area contributed by atoms with Gasteiger partial charge >= 0.3 is 0 Å². The van der Waals surface area contributed by atoms with Crippen molar-refractivity contribution >= 4 is 8.59 Å². The van der Waals surface area contributed by atoms with Gasteiger partial charge in [-0.05, 0) is 26.9 Å². The van der Waals surface area contributed by atoms with Crippen LogP contribution in [0.25, 0.3) is 0 Å². The highest BCUT2D eigenvalue weighted by atomic mass is 28.2. The van der Waals surface area contributed by atoms with E-state index in [1.807, 2.05) is 0 Å². The van der Waals surface area contributed by atoms with Crippen molar-refractivity contribution < 1.29 is 0 Å². The molecule has 0 aromatic carbocycles. The van der Waals surface area contributed by atoms with Gasteiger partial charge in [-0.25, -0.2) is 0 Å². The first-order chi connectivity index (χ1) is 3.13. The fourth-order valence-corrected chi connectivity index (χ4v) is 1.55. The third-order valence-electron chi connectivity index (χ3n) is 0.516. The van der Waals surface area contributed by atoms with Gasteiger partial charge in [-0.1, -0.05) is 0 Å². The molecule has 0 saturated carbocycles. The Morgan fingerprint density at radius 2 is 1.71 bits per heavy atom. The first kappa shape index (κ1) is 7.02. The second-order valence-corrected chi connectivity index (χ2v) is 4.32. The van der Waals surface area contributed by atoms with E-state index in [1.54, 1.807) is 0 Å². The van der Waals surface area contributed by atoms with Crippen LogP contribution in [0.1, 0.15) is 13.8 Å². The molecule has 0 spiro atoms. The minimum absolute atomic E-state index is 0.309. The van der Waals surface area contributed by atoms with Crippen LogP contribution < -0.4 is 0 Å². The Labute approximate surface area is 47.1 Å². The van der Waals surface area contributed by atoms with Crippen molar-refractivity contribution in [2.75, 3.05) is 0 Å². The summed E-state index contributed by atoms with van der Waals surface area (Å²) in [6, 6.07) is 0.545. The fourth-order valence-electron chi connectivity index (χ4n) is 0.516. The van der Waals surface area contributed by atoms with Gasteiger partial charge in [0, 0.05) is 6.04 Å². The number of hydrogen-bond acceptors (Lipinski definition) is 1. The average molecular weight is 115 g/mol. The van der Waals surface area contributed by atoms with Crippen molar-refractivity contribution in [2.45, 2.75) is 33.0 Å². The summed E-state index contributed by atoms with van der Waals surface area (Å²) in [5.41, 5.74) is 0. The summed E-state index contributed by atoms with van der Waals surface area (Å²) in [5.74, 6) is 0. The molecule has 0 heterocycles. The average Bonchev–Trinajstić information content (AvgIpc) is 1.27. The molecule has 1 nitrogen and oxygen atoms in total. The third-order valence-corrected chi connectivity index (χ3v) is 1.55. The highest BCUT2D eigenvalue weighted by Gasteiger charge is 1.83. The lowest BCUT2D eigenvalue weighted by molar-refractivity contribution is 0.842. The van der Waals surface area contributed by atoms with Crippen molar-refractivity contribution in [1.82, 2.24) is 0 Å². The zero-order chi connectivity index (χ0) is 5.86. The zero-order valence-corrected chi connectivity index (χ0v) is 6.52. The predicted molar refractivity (Wildman–Crippen MR) is 35.0 cm³/mol. The molecule has 0 fully saturated rings. The smallest absolute Gasteiger partial charge is 0.115 e. The summed E-state index contributed by atoms with van der Waals surface area (Å²) >= 11 is 0. The maximum Gasteiger partial charge on any atom is 0.115 e. The van der Waals surface area contributed by atoms with Crippen molar-refractivity contribution in [1.29, 1.82) is 0 Å². The topological polar surface area (TPSA) is 12.4 Å². The van der Waals surface area contributed by atoms with E-state index in [1.165, 1.54) is 0 Å². The molecular weight excluding hydrogens is 102 g/mol. The molecule has 0 aliphatic heterocycles. The maximum atomic E-state index is 4.38. The van der Waals surface area contributed by atoms with Crippen LogP contribution in [0, 0.1) is 0 Å². The van der Waals surface area contributed by atoms with Gasteiger partial charge in [0.1, 0.15) is 8.59 Å². The Hall–Kier alpha value is 0.0169. The predicted octanol–water partition coefficient (Wildman–Crippen LogP) is 1.91. The molecule has 0 unspecified atom stereocenters. The molecule has 0 saturated heterocycles. The zero-order valence-electron chi connectivity index (χ0n) is 5.52. The Bertz CT molecular complexity index is 72.1. The second-order valence-electron chi connectivity index (χ2n) is 2.17. The van der Waals surface area contributed by atoms with E-state index in [9.17, 15) is 0 Å². The summed E-state index contributed by atoms with van der Waals surface area (Å²) < 4.78 is 4.38. The van der Waals surface area contributed by atoms with Crippen LogP contribution in [0.5, 0.6) is 0 Å². The van der Waals surface area contributed by atoms with Crippen LogP contribution in [0.4, 0.5) is 0 Å². The molecular formula is C5H13NSi. The molecule has 0 aromatic rings. The first-order valence-corrected chi connectivity index (χ1v) is 5.08. The van der Waals surface area contributed by atoms with Gasteiger partial charge in [-0.3, -0.25) is 0 Å². The maximum absolute atomic E-state index is 4.38. The third kappa shape index (κ3) is 6.02. The monoisotopic (exact) mass is 115 g/mol. The van der Waals surface area contributed by atoms with E-state index in [0.717, 1.165) is 0 Å². The Morgan fingerprint density at radius 3 is 1.71 bits per heavy atom. The van der Waals surface area contributed by atoms with Gasteiger partial charge in [-0.2, -0.15) is 0 Å². The lowest BCUT2D eigenvalue weighted by atomic mass is 10.4. The molecule has 0 aliphatic carbocycles. The lowest BCUT2D eigenvalue weighted by Gasteiger charge is -1.93. The second kappa shape index (κ2) is 3.08. The van der Waals surface area contributed by atoms with Crippen LogP contribution in [0.2, 0.25) is 13.1 Å². The largest absolute Gasteiger partial charge is 0.335 e. The lowest BCUT2D eigenvalue weighted by Crippen LogP contribution is -1.93. The van der Waals surface area contributed by atoms with E-state index in [0.29, 0.717) is 6.04 Å². The van der Waals surface area contributed by atoms with E-state index < -0.39 is 0 Å². The highest BCUT2D eigenvalue weighted by molar-refractivity contribution is 6.43. The highest BCUT2D eigenvalue weighted by Crippen LogP contribution is 1.84.